The zero-order valence-electron chi connectivity index (χ0n) is 13.8. The molecule has 8 heteroatoms. The topological polar surface area (TPSA) is 110 Å². The standard InChI is InChI=1S/C18H19O7P/c19-17(20)11-15(13-7-3-1-4-8-13)24-26(23)25-16(12-18(21)22)14-9-5-2-6-10-14/h1-10,15-16,26H,11-12H2,(H,19,20)(H,21,22). The third-order valence-electron chi connectivity index (χ3n) is 3.54. The van der Waals surface area contributed by atoms with Crippen molar-refractivity contribution in [3.05, 3.63) is 71.8 Å². The molecule has 0 amide bonds. The lowest BCUT2D eigenvalue weighted by molar-refractivity contribution is -0.139. The van der Waals surface area contributed by atoms with Crippen molar-refractivity contribution in [2.24, 2.45) is 0 Å². The van der Waals surface area contributed by atoms with Crippen LogP contribution in [0, 0.1) is 0 Å². The van der Waals surface area contributed by atoms with Gasteiger partial charge in [0.15, 0.2) is 0 Å². The first kappa shape index (κ1) is 19.8. The van der Waals surface area contributed by atoms with Crippen LogP contribution in [0.4, 0.5) is 0 Å². The van der Waals surface area contributed by atoms with Gasteiger partial charge < -0.3 is 19.3 Å². The van der Waals surface area contributed by atoms with Gasteiger partial charge >= 0.3 is 20.2 Å². The molecular weight excluding hydrogens is 359 g/mol. The van der Waals surface area contributed by atoms with Crippen molar-refractivity contribution in [2.75, 3.05) is 0 Å². The molecule has 7 nitrogen and oxygen atoms in total. The van der Waals surface area contributed by atoms with E-state index in [1.165, 1.54) is 0 Å². The molecule has 0 spiro atoms. The number of hydrogen-bond acceptors (Lipinski definition) is 5. The van der Waals surface area contributed by atoms with Crippen LogP contribution in [0.15, 0.2) is 60.7 Å². The minimum Gasteiger partial charge on any atom is -0.481 e. The van der Waals surface area contributed by atoms with E-state index in [1.54, 1.807) is 60.7 Å². The lowest BCUT2D eigenvalue weighted by Gasteiger charge is -2.20. The number of rotatable bonds is 10. The maximum Gasteiger partial charge on any atom is 0.320 e. The van der Waals surface area contributed by atoms with Crippen LogP contribution >= 0.6 is 8.25 Å². The van der Waals surface area contributed by atoms with Gasteiger partial charge in [-0.05, 0) is 11.1 Å². The highest BCUT2D eigenvalue weighted by Gasteiger charge is 2.23. The summed E-state index contributed by atoms with van der Waals surface area (Å²) in [5, 5.41) is 18.1. The monoisotopic (exact) mass is 378 g/mol. The van der Waals surface area contributed by atoms with Crippen LogP contribution in [-0.4, -0.2) is 22.2 Å². The fourth-order valence-corrected chi connectivity index (χ4v) is 3.33. The summed E-state index contributed by atoms with van der Waals surface area (Å²) in [5.41, 5.74) is 1.10. The van der Waals surface area contributed by atoms with Crippen molar-refractivity contribution in [3.8, 4) is 0 Å². The normalized spacial score (nSPS) is 14.3. The molecule has 0 bridgehead atoms. The van der Waals surface area contributed by atoms with Gasteiger partial charge in [-0.3, -0.25) is 14.2 Å². The first-order valence-corrected chi connectivity index (χ1v) is 9.09. The second-order valence-corrected chi connectivity index (χ2v) is 6.45. The summed E-state index contributed by atoms with van der Waals surface area (Å²) in [6, 6.07) is 17.0. The molecule has 0 aliphatic heterocycles. The predicted octanol–water partition coefficient (Wildman–Crippen LogP) is 3.84. The van der Waals surface area contributed by atoms with Gasteiger partial charge in [-0.25, -0.2) is 0 Å². The molecule has 0 aliphatic carbocycles. The maximum absolute atomic E-state index is 12.3. The Morgan fingerprint density at radius 3 is 1.42 bits per heavy atom. The van der Waals surface area contributed by atoms with Gasteiger partial charge in [-0.1, -0.05) is 60.7 Å². The van der Waals surface area contributed by atoms with E-state index in [0.717, 1.165) is 0 Å². The average Bonchev–Trinajstić information content (AvgIpc) is 2.61. The van der Waals surface area contributed by atoms with E-state index in [2.05, 4.69) is 0 Å². The zero-order valence-corrected chi connectivity index (χ0v) is 14.8. The van der Waals surface area contributed by atoms with E-state index in [0.29, 0.717) is 11.1 Å². The maximum atomic E-state index is 12.3. The van der Waals surface area contributed by atoms with E-state index in [-0.39, 0.29) is 0 Å². The van der Waals surface area contributed by atoms with Gasteiger partial charge in [0, 0.05) is 0 Å². The van der Waals surface area contributed by atoms with Crippen LogP contribution in [0.2, 0.25) is 0 Å². The largest absolute Gasteiger partial charge is 0.481 e. The molecule has 26 heavy (non-hydrogen) atoms. The summed E-state index contributed by atoms with van der Waals surface area (Å²) in [6.45, 7) is 0. The lowest BCUT2D eigenvalue weighted by Crippen LogP contribution is -2.10. The molecule has 0 aromatic heterocycles. The molecule has 2 aromatic rings. The van der Waals surface area contributed by atoms with Crippen molar-refractivity contribution in [3.63, 3.8) is 0 Å². The Hall–Kier alpha value is -2.47. The zero-order chi connectivity index (χ0) is 18.9. The van der Waals surface area contributed by atoms with E-state index < -0.39 is 45.2 Å². The quantitative estimate of drug-likeness (QED) is 0.604. The van der Waals surface area contributed by atoms with Crippen LogP contribution in [0.25, 0.3) is 0 Å². The number of carboxylic acids is 2. The summed E-state index contributed by atoms with van der Waals surface area (Å²) in [6.07, 6.45) is -2.69. The van der Waals surface area contributed by atoms with Crippen LogP contribution in [0.1, 0.15) is 36.2 Å². The molecule has 0 heterocycles. The van der Waals surface area contributed by atoms with Crippen LogP contribution in [0.3, 0.4) is 0 Å². The molecular formula is C18H19O7P. The van der Waals surface area contributed by atoms with E-state index in [1.807, 2.05) is 0 Å². The second-order valence-electron chi connectivity index (χ2n) is 5.48. The number of carbonyl (C=O) groups is 2. The van der Waals surface area contributed by atoms with Crippen molar-refractivity contribution < 1.29 is 33.4 Å². The molecule has 138 valence electrons. The molecule has 0 fully saturated rings. The molecule has 2 N–H and O–H groups in total. The van der Waals surface area contributed by atoms with Gasteiger partial charge in [0.25, 0.3) is 0 Å². The van der Waals surface area contributed by atoms with E-state index in [9.17, 15) is 14.2 Å². The first-order valence-electron chi connectivity index (χ1n) is 7.86. The van der Waals surface area contributed by atoms with Gasteiger partial charge in [0.1, 0.15) is 12.2 Å². The number of aliphatic carboxylic acids is 2. The molecule has 2 atom stereocenters. The Morgan fingerprint density at radius 1 is 0.769 bits per heavy atom. The molecule has 2 aromatic carbocycles. The highest BCUT2D eigenvalue weighted by Crippen LogP contribution is 2.40. The van der Waals surface area contributed by atoms with Crippen molar-refractivity contribution in [1.82, 2.24) is 0 Å². The smallest absolute Gasteiger partial charge is 0.320 e. The van der Waals surface area contributed by atoms with Crippen LogP contribution in [0.5, 0.6) is 0 Å². The lowest BCUT2D eigenvalue weighted by atomic mass is 10.1. The van der Waals surface area contributed by atoms with Crippen LogP contribution < -0.4 is 0 Å². The van der Waals surface area contributed by atoms with E-state index in [4.69, 9.17) is 19.3 Å². The Labute approximate surface area is 151 Å². The predicted molar refractivity (Wildman–Crippen MR) is 94.0 cm³/mol. The molecule has 2 rings (SSSR count). The molecule has 0 radical (unpaired) electrons. The number of carboxylic acid groups (broad SMARTS) is 2. The summed E-state index contributed by atoms with van der Waals surface area (Å²) in [7, 11) is -3.15. The summed E-state index contributed by atoms with van der Waals surface area (Å²) < 4.78 is 23.0. The summed E-state index contributed by atoms with van der Waals surface area (Å²) in [4.78, 5) is 22.1. The Morgan fingerprint density at radius 2 is 1.12 bits per heavy atom. The first-order chi connectivity index (χ1) is 12.5. The number of benzene rings is 2. The third-order valence-corrected chi connectivity index (χ3v) is 4.49. The van der Waals surface area contributed by atoms with E-state index >= 15 is 0 Å². The highest BCUT2D eigenvalue weighted by molar-refractivity contribution is 7.33. The SMILES string of the molecule is O=C(O)CC(O[PH](=O)OC(CC(=O)O)c1ccccc1)c1ccccc1. The van der Waals surface area contributed by atoms with Gasteiger partial charge in [-0.2, -0.15) is 0 Å². The average molecular weight is 378 g/mol. The second kappa shape index (κ2) is 9.87. The Kier molecular flexibility index (Phi) is 7.53. The molecule has 0 aliphatic rings. The fourth-order valence-electron chi connectivity index (χ4n) is 2.37. The van der Waals surface area contributed by atoms with Crippen molar-refractivity contribution in [2.45, 2.75) is 25.0 Å². The Balaban J connectivity index is 2.11. The van der Waals surface area contributed by atoms with Crippen molar-refractivity contribution in [1.29, 1.82) is 0 Å². The fraction of sp³-hybridized carbons (Fsp3) is 0.222. The molecule has 2 unspecified atom stereocenters. The summed E-state index contributed by atoms with van der Waals surface area (Å²) in [5.74, 6) is -2.22. The van der Waals surface area contributed by atoms with Crippen molar-refractivity contribution >= 4 is 20.2 Å². The highest BCUT2D eigenvalue weighted by atomic mass is 31.1. The van der Waals surface area contributed by atoms with Gasteiger partial charge in [0.05, 0.1) is 12.8 Å². The van der Waals surface area contributed by atoms with Crippen LogP contribution in [-0.2, 0) is 23.2 Å². The Bertz CT molecular complexity index is 685. The third kappa shape index (κ3) is 6.44. The van der Waals surface area contributed by atoms with Gasteiger partial charge in [-0.15, -0.1) is 0 Å². The minimum absolute atomic E-state index is 0.390. The van der Waals surface area contributed by atoms with Gasteiger partial charge in [0.2, 0.25) is 0 Å². The summed E-state index contributed by atoms with van der Waals surface area (Å²) >= 11 is 0. The molecule has 0 saturated carbocycles. The molecule has 0 saturated heterocycles. The number of hydrogen-bond donors (Lipinski definition) is 2. The minimum atomic E-state index is -3.15.